The fourth-order valence-electron chi connectivity index (χ4n) is 7.28. The number of anilines is 1. The smallest absolute Gasteiger partial charge is 0.410 e. The first-order valence-corrected chi connectivity index (χ1v) is 17.6. The molecule has 5 rings (SSSR count). The van der Waals surface area contributed by atoms with Crippen molar-refractivity contribution in [3.8, 4) is 0 Å². The highest BCUT2D eigenvalue weighted by atomic mass is 35.5. The molecule has 47 heavy (non-hydrogen) atoms. The Morgan fingerprint density at radius 1 is 1.04 bits per heavy atom. The Kier molecular flexibility index (Phi) is 9.75. The highest BCUT2D eigenvalue weighted by molar-refractivity contribution is 7.92. The van der Waals surface area contributed by atoms with Gasteiger partial charge in [-0.15, -0.1) is 0 Å². The van der Waals surface area contributed by atoms with Gasteiger partial charge in [0.25, 0.3) is 5.91 Å². The van der Waals surface area contributed by atoms with Gasteiger partial charge in [-0.25, -0.2) is 26.4 Å². The topological polar surface area (TPSA) is 130 Å². The van der Waals surface area contributed by atoms with Crippen LogP contribution in [-0.4, -0.2) is 65.2 Å². The first-order chi connectivity index (χ1) is 21.9. The molecule has 2 aromatic carbocycles. The predicted molar refractivity (Wildman–Crippen MR) is 167 cm³/mol. The van der Waals surface area contributed by atoms with E-state index in [0.29, 0.717) is 44.4 Å². The zero-order valence-corrected chi connectivity index (χ0v) is 27.9. The summed E-state index contributed by atoms with van der Waals surface area (Å²) in [5.41, 5.74) is -2.47. The summed E-state index contributed by atoms with van der Waals surface area (Å²) < 4.78 is 73.8. The molecule has 1 heterocycles. The van der Waals surface area contributed by atoms with Gasteiger partial charge in [-0.05, 0) is 95.8 Å². The minimum absolute atomic E-state index is 0.0374. The Bertz CT molecular complexity index is 1660. The maximum atomic E-state index is 13.9. The maximum Gasteiger partial charge on any atom is 0.410 e. The molecule has 2 N–H and O–H groups in total. The quantitative estimate of drug-likeness (QED) is 0.303. The van der Waals surface area contributed by atoms with Crippen molar-refractivity contribution in [2.75, 3.05) is 11.9 Å². The lowest BCUT2D eigenvalue weighted by atomic mass is 9.71. The third-order valence-corrected chi connectivity index (χ3v) is 12.2. The van der Waals surface area contributed by atoms with Gasteiger partial charge in [-0.2, -0.15) is 0 Å². The zero-order valence-electron chi connectivity index (χ0n) is 26.3. The number of nitrogens with zero attached hydrogens (tertiary/aromatic N) is 1. The summed E-state index contributed by atoms with van der Waals surface area (Å²) in [5.74, 6) is -6.54. The molecule has 0 radical (unpaired) electrons. The number of sulfone groups is 1. The molecule has 2 aromatic rings. The molecular formula is C33H38ClF3N2O7S. The Hall–Kier alpha value is -3.16. The van der Waals surface area contributed by atoms with Crippen LogP contribution in [0.2, 0.25) is 5.02 Å². The number of nitrogens with one attached hydrogen (secondary N) is 1. The molecule has 9 nitrogen and oxygen atoms in total. The van der Waals surface area contributed by atoms with E-state index >= 15 is 0 Å². The summed E-state index contributed by atoms with van der Waals surface area (Å²) in [4.78, 5) is 40.0. The van der Waals surface area contributed by atoms with Crippen molar-refractivity contribution in [1.29, 1.82) is 0 Å². The molecule has 14 heteroatoms. The molecule has 1 saturated heterocycles. The van der Waals surface area contributed by atoms with E-state index in [9.17, 15) is 41.1 Å². The maximum absolute atomic E-state index is 13.9. The van der Waals surface area contributed by atoms with Crippen molar-refractivity contribution in [1.82, 2.24) is 4.90 Å². The first-order valence-electron chi connectivity index (χ1n) is 15.6. The number of halogens is 4. The number of aliphatic hydroxyl groups is 1. The summed E-state index contributed by atoms with van der Waals surface area (Å²) in [6.45, 7) is 5.67. The summed E-state index contributed by atoms with van der Waals surface area (Å²) in [7, 11) is -4.11. The lowest BCUT2D eigenvalue weighted by molar-refractivity contribution is -0.126. The molecule has 256 valence electrons. The molecule has 3 fully saturated rings. The Balaban J connectivity index is 1.26. The van der Waals surface area contributed by atoms with E-state index in [4.69, 9.17) is 16.3 Å². The van der Waals surface area contributed by atoms with Gasteiger partial charge in [0.15, 0.2) is 33.1 Å². The fourth-order valence-corrected chi connectivity index (χ4v) is 9.68. The van der Waals surface area contributed by atoms with Crippen LogP contribution in [-0.2, 0) is 19.4 Å². The van der Waals surface area contributed by atoms with Crippen molar-refractivity contribution in [2.45, 2.75) is 99.5 Å². The second-order valence-electron chi connectivity index (χ2n) is 13.8. The molecule has 0 aromatic heterocycles. The zero-order chi connectivity index (χ0) is 34.5. The van der Waals surface area contributed by atoms with Crippen LogP contribution >= 0.6 is 11.6 Å². The number of benzene rings is 2. The third kappa shape index (κ3) is 7.17. The summed E-state index contributed by atoms with van der Waals surface area (Å²) in [5, 5.41) is 13.0. The standard InChI is InChI=1S/C33H38ClF3N2O7S/c1-32(2,3)46-31(42)39-12-4-5-26(39)27(40)10-11-33(43)19-7-8-20(33)15-22(14-19)47(44,45)28-13-18(6-9-23(28)34)30(41)38-21-16-24(35)29(37)25(36)17-21/h6,9,13,16-17,19-20,22,26,43H,4-5,7-8,10-12,14-15H2,1-3H3,(H,38,41)/t19?,20?,22?,26-,33?/m0/s1. The highest BCUT2D eigenvalue weighted by Crippen LogP contribution is 2.54. The number of likely N-dealkylation sites (tertiary alicyclic amines) is 1. The molecule has 1 aliphatic heterocycles. The van der Waals surface area contributed by atoms with E-state index in [2.05, 4.69) is 5.32 Å². The number of fused-ring (bicyclic) bond motifs is 2. The van der Waals surface area contributed by atoms with Crippen molar-refractivity contribution >= 4 is 44.9 Å². The van der Waals surface area contributed by atoms with Crippen molar-refractivity contribution in [3.63, 3.8) is 0 Å². The predicted octanol–water partition coefficient (Wildman–Crippen LogP) is 6.45. The number of carbonyl (C=O) groups excluding carboxylic acids is 3. The molecule has 0 spiro atoms. The molecule has 2 saturated carbocycles. The van der Waals surface area contributed by atoms with Gasteiger partial charge in [0.1, 0.15) is 5.60 Å². The van der Waals surface area contributed by atoms with E-state index in [1.165, 1.54) is 17.0 Å². The van der Waals surface area contributed by atoms with Crippen LogP contribution in [0.3, 0.4) is 0 Å². The molecule has 2 unspecified atom stereocenters. The van der Waals surface area contributed by atoms with Crippen molar-refractivity contribution in [2.24, 2.45) is 11.8 Å². The Morgan fingerprint density at radius 3 is 2.26 bits per heavy atom. The number of ether oxygens (including phenoxy) is 1. The molecule has 2 bridgehead atoms. The number of ketones is 1. The number of hydrogen-bond donors (Lipinski definition) is 2. The van der Waals surface area contributed by atoms with Gasteiger partial charge >= 0.3 is 6.09 Å². The van der Waals surface area contributed by atoms with Crippen LogP contribution in [0, 0.1) is 29.3 Å². The van der Waals surface area contributed by atoms with Crippen LogP contribution in [0.25, 0.3) is 0 Å². The van der Waals surface area contributed by atoms with E-state index < -0.39 is 73.6 Å². The number of carbonyl (C=O) groups is 3. The number of rotatable bonds is 8. The number of Topliss-reactive ketones (excluding diaryl/α,β-unsaturated/α-hetero) is 1. The van der Waals surface area contributed by atoms with E-state index in [0.717, 1.165) is 6.07 Å². The van der Waals surface area contributed by atoms with Gasteiger partial charge in [0, 0.05) is 36.3 Å². The second-order valence-corrected chi connectivity index (χ2v) is 16.4. The van der Waals surface area contributed by atoms with Crippen molar-refractivity contribution in [3.05, 3.63) is 58.4 Å². The SMILES string of the molecule is CC(C)(C)OC(=O)N1CCC[C@H]1C(=O)CCC1(O)C2CCC1CC(S(=O)(=O)c1cc(C(=O)Nc3cc(F)c(F)c(F)c3)ccc1Cl)C2. The molecule has 2 amide bonds. The molecule has 3 atom stereocenters. The summed E-state index contributed by atoms with van der Waals surface area (Å²) >= 11 is 6.31. The van der Waals surface area contributed by atoms with Gasteiger partial charge in [0.05, 0.1) is 26.8 Å². The van der Waals surface area contributed by atoms with Gasteiger partial charge < -0.3 is 15.2 Å². The molecule has 2 aliphatic carbocycles. The molecular weight excluding hydrogens is 661 g/mol. The van der Waals surface area contributed by atoms with Gasteiger partial charge in [0.2, 0.25) is 0 Å². The van der Waals surface area contributed by atoms with Crippen molar-refractivity contribution < 1.29 is 45.8 Å². The Morgan fingerprint density at radius 2 is 1.66 bits per heavy atom. The van der Waals surface area contributed by atoms with Crippen LogP contribution in [0.4, 0.5) is 23.7 Å². The number of amides is 2. The first kappa shape index (κ1) is 35.2. The minimum atomic E-state index is -4.11. The normalized spacial score (nSPS) is 25.9. The van der Waals surface area contributed by atoms with Gasteiger partial charge in [-0.3, -0.25) is 14.5 Å². The third-order valence-electron chi connectivity index (χ3n) is 9.58. The van der Waals surface area contributed by atoms with E-state index in [-0.39, 0.29) is 52.6 Å². The van der Waals surface area contributed by atoms with Crippen LogP contribution in [0.5, 0.6) is 0 Å². The average Bonchev–Trinajstić information content (AvgIpc) is 3.51. The lowest BCUT2D eigenvalue weighted by Crippen LogP contribution is -2.49. The van der Waals surface area contributed by atoms with Crippen LogP contribution in [0.1, 0.15) is 82.5 Å². The number of hydrogen-bond acceptors (Lipinski definition) is 7. The molecule has 3 aliphatic rings. The minimum Gasteiger partial charge on any atom is -0.444 e. The monoisotopic (exact) mass is 698 g/mol. The van der Waals surface area contributed by atoms with E-state index in [1.807, 2.05) is 0 Å². The fraction of sp³-hybridized carbons (Fsp3) is 0.545. The van der Waals surface area contributed by atoms with Gasteiger partial charge in [-0.1, -0.05) is 11.6 Å². The average molecular weight is 699 g/mol. The Labute approximate surface area is 276 Å². The van der Waals surface area contributed by atoms with E-state index in [1.54, 1.807) is 20.8 Å². The lowest BCUT2D eigenvalue weighted by Gasteiger charge is -2.43. The largest absolute Gasteiger partial charge is 0.444 e. The highest BCUT2D eigenvalue weighted by Gasteiger charge is 2.55. The van der Waals surface area contributed by atoms with Crippen LogP contribution < -0.4 is 5.32 Å². The second kappa shape index (κ2) is 13.0. The summed E-state index contributed by atoms with van der Waals surface area (Å²) in [6, 6.07) is 4.14. The summed E-state index contributed by atoms with van der Waals surface area (Å²) in [6.07, 6.45) is 2.22. The van der Waals surface area contributed by atoms with Crippen LogP contribution in [0.15, 0.2) is 35.2 Å².